The third-order valence-corrected chi connectivity index (χ3v) is 7.81. The molecule has 0 bridgehead atoms. The lowest BCUT2D eigenvalue weighted by molar-refractivity contribution is -0.385. The second kappa shape index (κ2) is 18.9. The fourth-order valence-electron chi connectivity index (χ4n) is 5.60. The van der Waals surface area contributed by atoms with Crippen LogP contribution in [0.25, 0.3) is 0 Å². The number of carboxylic acid groups (broad SMARTS) is 1. The van der Waals surface area contributed by atoms with Crippen LogP contribution in [0, 0.1) is 20.2 Å². The van der Waals surface area contributed by atoms with Gasteiger partial charge in [-0.2, -0.15) is 0 Å². The maximum atomic E-state index is 12.2. The Morgan fingerprint density at radius 3 is 1.35 bits per heavy atom. The molecule has 4 rings (SSSR count). The highest BCUT2D eigenvalue weighted by atomic mass is 36.0. The summed E-state index contributed by atoms with van der Waals surface area (Å²) in [5, 5.41) is 36.7. The third-order valence-electron chi connectivity index (χ3n) is 7.60. The SMILES string of the molecule is COC(=O)C1=C(C)NC(C)=C(C(=O)Cl)C1c1cccc([N+](=O)[O-])c1.COC(=O)C1=C(C)NC(C)=C(C(=O)O)C1c1cccc([N+](=O)[O-])c1.O=S(Cl)Cl. The molecule has 278 valence electrons. The number of ether oxygens (including phenoxy) is 2. The van der Waals surface area contributed by atoms with Crippen LogP contribution in [0.15, 0.2) is 93.6 Å². The molecule has 16 nitrogen and oxygen atoms in total. The normalized spacial score (nSPS) is 16.7. The Hall–Kier alpha value is -5.10. The van der Waals surface area contributed by atoms with E-state index in [2.05, 4.69) is 32.0 Å². The summed E-state index contributed by atoms with van der Waals surface area (Å²) in [6, 6.07) is 11.3. The van der Waals surface area contributed by atoms with E-state index in [1.54, 1.807) is 39.8 Å². The van der Waals surface area contributed by atoms with Gasteiger partial charge in [0.25, 0.3) is 16.6 Å². The minimum atomic E-state index is -1.67. The maximum Gasteiger partial charge on any atom is 0.336 e. The summed E-state index contributed by atoms with van der Waals surface area (Å²) in [6.07, 6.45) is 0. The van der Waals surface area contributed by atoms with Gasteiger partial charge < -0.3 is 25.2 Å². The Morgan fingerprint density at radius 1 is 0.712 bits per heavy atom. The molecular weight excluding hydrogens is 771 g/mol. The number of halogens is 3. The monoisotopic (exact) mass is 800 g/mol. The fraction of sp³-hybridized carbons (Fsp3) is 0.250. The predicted molar refractivity (Wildman–Crippen MR) is 191 cm³/mol. The lowest BCUT2D eigenvalue weighted by Gasteiger charge is -2.29. The molecule has 0 amide bonds. The van der Waals surface area contributed by atoms with E-state index in [1.807, 2.05) is 0 Å². The number of aliphatic carboxylic acids is 1. The van der Waals surface area contributed by atoms with Gasteiger partial charge in [0, 0.05) is 79.9 Å². The second-order valence-corrected chi connectivity index (χ2v) is 13.6. The van der Waals surface area contributed by atoms with Crippen molar-refractivity contribution in [2.75, 3.05) is 14.2 Å². The van der Waals surface area contributed by atoms with Gasteiger partial charge in [0.05, 0.1) is 46.7 Å². The minimum absolute atomic E-state index is 0.0542. The number of nitrogens with one attached hydrogen (secondary N) is 2. The van der Waals surface area contributed by atoms with Crippen molar-refractivity contribution >= 4 is 76.7 Å². The molecule has 2 aliphatic rings. The molecule has 0 aliphatic carbocycles. The van der Waals surface area contributed by atoms with Crippen molar-refractivity contribution in [3.63, 3.8) is 0 Å². The molecule has 2 heterocycles. The zero-order valence-electron chi connectivity index (χ0n) is 28.1. The van der Waals surface area contributed by atoms with Crippen molar-refractivity contribution in [1.29, 1.82) is 0 Å². The first kappa shape index (κ1) is 43.1. The van der Waals surface area contributed by atoms with Crippen LogP contribution in [0.4, 0.5) is 11.4 Å². The number of carbonyl (C=O) groups excluding carboxylic acids is 3. The number of nitrogens with zero attached hydrogens (tertiary/aromatic N) is 2. The highest BCUT2D eigenvalue weighted by molar-refractivity contribution is 8.26. The van der Waals surface area contributed by atoms with Gasteiger partial charge in [-0.15, -0.1) is 0 Å². The molecule has 0 spiro atoms. The molecule has 2 unspecified atom stereocenters. The van der Waals surface area contributed by atoms with Gasteiger partial charge in [-0.1, -0.05) is 24.3 Å². The van der Waals surface area contributed by atoms with Gasteiger partial charge in [-0.25, -0.2) is 18.6 Å². The van der Waals surface area contributed by atoms with Crippen LogP contribution in [-0.4, -0.2) is 56.5 Å². The van der Waals surface area contributed by atoms with Gasteiger partial charge in [-0.05, 0) is 50.4 Å². The number of esters is 2. The summed E-state index contributed by atoms with van der Waals surface area (Å²) >= 11 is 5.71. The Labute approximate surface area is 312 Å². The molecule has 2 aromatic carbocycles. The number of allylic oxidation sites excluding steroid dienone is 5. The molecular formula is C32H31Cl3N4O12S. The zero-order valence-corrected chi connectivity index (χ0v) is 31.2. The van der Waals surface area contributed by atoms with Gasteiger partial charge in [0.1, 0.15) is 0 Å². The van der Waals surface area contributed by atoms with Crippen LogP contribution in [-0.2, 0) is 37.9 Å². The summed E-state index contributed by atoms with van der Waals surface area (Å²) in [6.45, 7) is 6.51. The first-order valence-electron chi connectivity index (χ1n) is 14.5. The average molecular weight is 802 g/mol. The van der Waals surface area contributed by atoms with E-state index in [9.17, 15) is 44.5 Å². The Bertz CT molecular complexity index is 1840. The number of benzene rings is 2. The molecule has 2 aromatic rings. The summed E-state index contributed by atoms with van der Waals surface area (Å²) in [5.74, 6) is -4.35. The van der Waals surface area contributed by atoms with Crippen LogP contribution in [0.1, 0.15) is 50.7 Å². The standard InChI is InChI=1S/C16H15ClN2O5.C16H16N2O6.Cl2OS/c1-8-12(15(17)20)14(13(9(2)18-8)16(21)24-3)10-5-4-6-11(7-10)19(22)23;1-8-12(15(19)20)14(13(9(2)17-8)16(21)24-3)10-5-4-6-11(7-10)18(22)23;1-4(2)3/h4-7,14,18H,1-3H3;4-7,14,17H,1-3H3,(H,19,20);. The van der Waals surface area contributed by atoms with Gasteiger partial charge >= 0.3 is 17.9 Å². The zero-order chi connectivity index (χ0) is 39.6. The Balaban J connectivity index is 0.000000327. The van der Waals surface area contributed by atoms with Crippen LogP contribution in [0.3, 0.4) is 0 Å². The molecule has 52 heavy (non-hydrogen) atoms. The number of carboxylic acids is 1. The Kier molecular flexibility index (Phi) is 15.7. The van der Waals surface area contributed by atoms with Crippen LogP contribution < -0.4 is 10.6 Å². The number of dihydropyridines is 2. The van der Waals surface area contributed by atoms with Crippen LogP contribution in [0.2, 0.25) is 0 Å². The maximum absolute atomic E-state index is 12.2. The lowest BCUT2D eigenvalue weighted by atomic mass is 9.80. The highest BCUT2D eigenvalue weighted by Crippen LogP contribution is 2.41. The minimum Gasteiger partial charge on any atom is -0.478 e. The fourth-order valence-corrected chi connectivity index (χ4v) is 5.85. The molecule has 0 fully saturated rings. The van der Waals surface area contributed by atoms with Crippen molar-refractivity contribution in [3.05, 3.63) is 125 Å². The lowest BCUT2D eigenvalue weighted by Crippen LogP contribution is -2.31. The van der Waals surface area contributed by atoms with Crippen LogP contribution >= 0.6 is 33.0 Å². The molecule has 20 heteroatoms. The first-order chi connectivity index (χ1) is 24.3. The topological polar surface area (TPSA) is 234 Å². The van der Waals surface area contributed by atoms with E-state index in [0.717, 1.165) is 0 Å². The number of nitro groups is 2. The molecule has 0 saturated carbocycles. The second-order valence-electron chi connectivity index (χ2n) is 10.7. The van der Waals surface area contributed by atoms with Crippen LogP contribution in [0.5, 0.6) is 0 Å². The van der Waals surface area contributed by atoms with E-state index < -0.39 is 54.1 Å². The van der Waals surface area contributed by atoms with E-state index in [1.165, 1.54) is 50.6 Å². The van der Waals surface area contributed by atoms with E-state index in [4.69, 9.17) is 25.3 Å². The molecule has 0 radical (unpaired) electrons. The molecule has 2 atom stereocenters. The summed E-state index contributed by atoms with van der Waals surface area (Å²) in [7, 11) is 9.77. The van der Waals surface area contributed by atoms with Crippen molar-refractivity contribution < 1.29 is 47.8 Å². The van der Waals surface area contributed by atoms with E-state index in [0.29, 0.717) is 33.9 Å². The number of hydrogen-bond donors (Lipinski definition) is 3. The highest BCUT2D eigenvalue weighted by Gasteiger charge is 2.38. The van der Waals surface area contributed by atoms with E-state index in [-0.39, 0.29) is 33.7 Å². The first-order valence-corrected chi connectivity index (χ1v) is 17.7. The summed E-state index contributed by atoms with van der Waals surface area (Å²) in [5.41, 5.74) is 2.61. The molecule has 0 aromatic heterocycles. The molecule has 0 saturated heterocycles. The van der Waals surface area contributed by atoms with Gasteiger partial charge in [-0.3, -0.25) is 25.0 Å². The number of non-ortho nitro benzene ring substituents is 2. The predicted octanol–water partition coefficient (Wildman–Crippen LogP) is 5.90. The van der Waals surface area contributed by atoms with E-state index >= 15 is 0 Å². The summed E-state index contributed by atoms with van der Waals surface area (Å²) in [4.78, 5) is 69.0. The van der Waals surface area contributed by atoms with Crippen molar-refractivity contribution in [2.45, 2.75) is 39.5 Å². The van der Waals surface area contributed by atoms with Crippen molar-refractivity contribution in [1.82, 2.24) is 10.6 Å². The Morgan fingerprint density at radius 2 is 1.04 bits per heavy atom. The smallest absolute Gasteiger partial charge is 0.336 e. The van der Waals surface area contributed by atoms with Gasteiger partial charge in [0.15, 0.2) is 0 Å². The number of hydrogen-bond acceptors (Lipinski definition) is 13. The number of rotatable bonds is 8. The molecule has 2 aliphatic heterocycles. The van der Waals surface area contributed by atoms with Gasteiger partial charge in [0.2, 0.25) is 9.23 Å². The van der Waals surface area contributed by atoms with Crippen molar-refractivity contribution in [2.24, 2.45) is 0 Å². The quantitative estimate of drug-likeness (QED) is 0.122. The summed E-state index contributed by atoms with van der Waals surface area (Å²) < 4.78 is 18.7. The van der Waals surface area contributed by atoms with Crippen molar-refractivity contribution in [3.8, 4) is 0 Å². The number of nitro benzene ring substituents is 2. The average Bonchev–Trinajstić information content (AvgIpc) is 3.06. The molecule has 3 N–H and O–H groups in total. The number of methoxy groups -OCH3 is 2. The number of carbonyl (C=O) groups is 4. The third kappa shape index (κ3) is 10.5. The largest absolute Gasteiger partial charge is 0.478 e.